The van der Waals surface area contributed by atoms with Crippen LogP contribution in [0.1, 0.15) is 18.3 Å². The highest BCUT2D eigenvalue weighted by molar-refractivity contribution is 7.98. The second-order valence-corrected chi connectivity index (χ2v) is 7.57. The third-order valence-corrected chi connectivity index (χ3v) is 5.30. The lowest BCUT2D eigenvalue weighted by molar-refractivity contribution is -0.122. The Morgan fingerprint density at radius 2 is 2.00 bits per heavy atom. The van der Waals surface area contributed by atoms with E-state index in [2.05, 4.69) is 20.6 Å². The van der Waals surface area contributed by atoms with Gasteiger partial charge in [-0.25, -0.2) is 4.68 Å². The summed E-state index contributed by atoms with van der Waals surface area (Å²) in [6, 6.07) is 12.5. The van der Waals surface area contributed by atoms with Crippen LogP contribution in [0.15, 0.2) is 59.7 Å². The number of amides is 1. The molecule has 1 unspecified atom stereocenters. The van der Waals surface area contributed by atoms with Gasteiger partial charge in [0.2, 0.25) is 5.91 Å². The Bertz CT molecular complexity index is 1220. The Labute approximate surface area is 170 Å². The molecule has 1 aromatic carbocycles. The van der Waals surface area contributed by atoms with Gasteiger partial charge in [-0.05, 0) is 36.6 Å². The molecule has 0 aliphatic heterocycles. The maximum absolute atomic E-state index is 12.7. The van der Waals surface area contributed by atoms with E-state index in [1.807, 2.05) is 47.2 Å². The number of aromatic nitrogens is 5. The predicted octanol–water partition coefficient (Wildman–Crippen LogP) is 2.05. The summed E-state index contributed by atoms with van der Waals surface area (Å²) in [4.78, 5) is 25.3. The van der Waals surface area contributed by atoms with Crippen molar-refractivity contribution < 1.29 is 4.79 Å². The molecule has 4 aromatic rings. The van der Waals surface area contributed by atoms with Crippen LogP contribution in [-0.2, 0) is 11.3 Å². The lowest BCUT2D eigenvalue weighted by atomic mass is 10.2. The minimum Gasteiger partial charge on any atom is -0.344 e. The number of rotatable bonds is 7. The van der Waals surface area contributed by atoms with Crippen LogP contribution in [0.5, 0.6) is 0 Å². The van der Waals surface area contributed by atoms with Crippen molar-refractivity contribution >= 4 is 34.1 Å². The van der Waals surface area contributed by atoms with Crippen molar-refractivity contribution in [2.75, 3.05) is 12.0 Å². The van der Waals surface area contributed by atoms with Gasteiger partial charge >= 0.3 is 0 Å². The molecular weight excluding hydrogens is 388 g/mol. The smallest absolute Gasteiger partial charge is 0.275 e. The van der Waals surface area contributed by atoms with E-state index in [-0.39, 0.29) is 24.1 Å². The molecule has 0 saturated heterocycles. The molecule has 0 spiro atoms. The first kappa shape index (κ1) is 19.1. The van der Waals surface area contributed by atoms with Gasteiger partial charge in [0.05, 0.1) is 17.6 Å². The molecule has 0 fully saturated rings. The highest BCUT2D eigenvalue weighted by Gasteiger charge is 2.20. The van der Waals surface area contributed by atoms with Crippen LogP contribution in [0.2, 0.25) is 0 Å². The van der Waals surface area contributed by atoms with Crippen LogP contribution in [0, 0.1) is 0 Å². The van der Waals surface area contributed by atoms with E-state index < -0.39 is 0 Å². The van der Waals surface area contributed by atoms with E-state index in [0.29, 0.717) is 17.6 Å². The highest BCUT2D eigenvalue weighted by atomic mass is 32.2. The molecule has 1 N–H and O–H groups in total. The highest BCUT2D eigenvalue weighted by Crippen LogP contribution is 2.18. The molecular formula is C20H20N6O2S. The predicted molar refractivity (Wildman–Crippen MR) is 113 cm³/mol. The SMILES string of the molecule is CSCCC(NC(=O)Cn1ncc2ccccc2c1=O)c1nnc2ccccn12. The Morgan fingerprint density at radius 3 is 2.86 bits per heavy atom. The molecule has 9 heteroatoms. The van der Waals surface area contributed by atoms with E-state index >= 15 is 0 Å². The van der Waals surface area contributed by atoms with Crippen molar-refractivity contribution in [2.24, 2.45) is 0 Å². The van der Waals surface area contributed by atoms with Crippen molar-refractivity contribution in [3.05, 3.63) is 71.0 Å². The van der Waals surface area contributed by atoms with Crippen LogP contribution in [-0.4, -0.2) is 42.3 Å². The third kappa shape index (κ3) is 4.00. The minimum absolute atomic E-state index is 0.157. The van der Waals surface area contributed by atoms with Crippen molar-refractivity contribution in [3.8, 4) is 0 Å². The van der Waals surface area contributed by atoms with E-state index in [1.165, 1.54) is 4.68 Å². The number of hydrogen-bond donors (Lipinski definition) is 1. The molecule has 4 rings (SSSR count). The zero-order chi connectivity index (χ0) is 20.2. The summed E-state index contributed by atoms with van der Waals surface area (Å²) >= 11 is 1.69. The number of thioether (sulfide) groups is 1. The summed E-state index contributed by atoms with van der Waals surface area (Å²) in [5.74, 6) is 1.22. The van der Waals surface area contributed by atoms with Gasteiger partial charge in [-0.2, -0.15) is 16.9 Å². The van der Waals surface area contributed by atoms with E-state index in [0.717, 1.165) is 16.8 Å². The first-order valence-electron chi connectivity index (χ1n) is 9.20. The minimum atomic E-state index is -0.316. The van der Waals surface area contributed by atoms with Gasteiger partial charge in [-0.15, -0.1) is 10.2 Å². The molecule has 0 bridgehead atoms. The Balaban J connectivity index is 1.57. The number of hydrogen-bond acceptors (Lipinski definition) is 6. The maximum atomic E-state index is 12.7. The first-order chi connectivity index (χ1) is 14.2. The normalized spacial score (nSPS) is 12.3. The molecule has 148 valence electrons. The van der Waals surface area contributed by atoms with Gasteiger partial charge in [0.25, 0.3) is 5.56 Å². The lowest BCUT2D eigenvalue weighted by Crippen LogP contribution is -2.36. The average Bonchev–Trinajstić information content (AvgIpc) is 3.17. The number of nitrogens with one attached hydrogen (secondary N) is 1. The fourth-order valence-electron chi connectivity index (χ4n) is 3.22. The van der Waals surface area contributed by atoms with Crippen LogP contribution in [0.3, 0.4) is 0 Å². The van der Waals surface area contributed by atoms with E-state index in [1.54, 1.807) is 30.1 Å². The van der Waals surface area contributed by atoms with Crippen LogP contribution in [0.4, 0.5) is 0 Å². The molecule has 0 saturated carbocycles. The zero-order valence-electron chi connectivity index (χ0n) is 15.9. The summed E-state index contributed by atoms with van der Waals surface area (Å²) in [6.07, 6.45) is 6.18. The van der Waals surface area contributed by atoms with E-state index in [4.69, 9.17) is 0 Å². The largest absolute Gasteiger partial charge is 0.344 e. The van der Waals surface area contributed by atoms with E-state index in [9.17, 15) is 9.59 Å². The number of nitrogens with zero attached hydrogens (tertiary/aromatic N) is 5. The standard InChI is InChI=1S/C20H20N6O2S/c1-29-11-9-16(19-24-23-17-8-4-5-10-25(17)19)22-18(27)13-26-20(28)15-7-3-2-6-14(15)12-21-26/h2-8,10,12,16H,9,11,13H2,1H3,(H,22,27). The zero-order valence-corrected chi connectivity index (χ0v) is 16.7. The lowest BCUT2D eigenvalue weighted by Gasteiger charge is -2.17. The molecule has 1 atom stereocenters. The van der Waals surface area contributed by atoms with Crippen molar-refractivity contribution in [3.63, 3.8) is 0 Å². The topological polar surface area (TPSA) is 94.2 Å². The van der Waals surface area contributed by atoms with Crippen molar-refractivity contribution in [2.45, 2.75) is 19.0 Å². The Hall–Kier alpha value is -3.20. The van der Waals surface area contributed by atoms with Gasteiger partial charge in [-0.3, -0.25) is 14.0 Å². The van der Waals surface area contributed by atoms with Gasteiger partial charge < -0.3 is 5.32 Å². The molecule has 8 nitrogen and oxygen atoms in total. The Morgan fingerprint density at radius 1 is 1.17 bits per heavy atom. The summed E-state index contributed by atoms with van der Waals surface area (Å²) in [5.41, 5.74) is 0.435. The second-order valence-electron chi connectivity index (χ2n) is 6.58. The van der Waals surface area contributed by atoms with Gasteiger partial charge in [-0.1, -0.05) is 24.3 Å². The van der Waals surface area contributed by atoms with Crippen LogP contribution >= 0.6 is 11.8 Å². The third-order valence-electron chi connectivity index (χ3n) is 4.65. The molecule has 1 amide bonds. The van der Waals surface area contributed by atoms with Gasteiger partial charge in [0, 0.05) is 11.6 Å². The van der Waals surface area contributed by atoms with Crippen molar-refractivity contribution in [1.82, 2.24) is 29.7 Å². The van der Waals surface area contributed by atoms with Crippen LogP contribution < -0.4 is 10.9 Å². The summed E-state index contributed by atoms with van der Waals surface area (Å²) in [5, 5.41) is 16.9. The molecule has 0 radical (unpaired) electrons. The monoisotopic (exact) mass is 408 g/mol. The second kappa shape index (κ2) is 8.44. The first-order valence-corrected chi connectivity index (χ1v) is 10.6. The number of benzene rings is 1. The fraction of sp³-hybridized carbons (Fsp3) is 0.250. The van der Waals surface area contributed by atoms with Gasteiger partial charge in [0.15, 0.2) is 11.5 Å². The number of pyridine rings is 1. The molecule has 0 aliphatic rings. The molecule has 3 aromatic heterocycles. The molecule has 3 heterocycles. The quantitative estimate of drug-likeness (QED) is 0.503. The fourth-order valence-corrected chi connectivity index (χ4v) is 3.69. The Kier molecular flexibility index (Phi) is 5.57. The molecule has 29 heavy (non-hydrogen) atoms. The van der Waals surface area contributed by atoms with Crippen molar-refractivity contribution in [1.29, 1.82) is 0 Å². The number of fused-ring (bicyclic) bond motifs is 2. The number of carbonyl (C=O) groups is 1. The number of carbonyl (C=O) groups excluding carboxylic acids is 1. The van der Waals surface area contributed by atoms with Crippen LogP contribution in [0.25, 0.3) is 16.4 Å². The summed E-state index contributed by atoms with van der Waals surface area (Å²) < 4.78 is 3.05. The summed E-state index contributed by atoms with van der Waals surface area (Å²) in [7, 11) is 0. The van der Waals surface area contributed by atoms with Gasteiger partial charge in [0.1, 0.15) is 6.54 Å². The molecule has 0 aliphatic carbocycles. The average molecular weight is 408 g/mol. The summed E-state index contributed by atoms with van der Waals surface area (Å²) in [6.45, 7) is -0.157. The maximum Gasteiger partial charge on any atom is 0.275 e.